The molecule has 1 atom stereocenters. The van der Waals surface area contributed by atoms with Crippen LogP contribution in [0.2, 0.25) is 0 Å². The predicted octanol–water partition coefficient (Wildman–Crippen LogP) is 3.94. The second kappa shape index (κ2) is 9.34. The number of nitrogens with zero attached hydrogens (tertiary/aromatic N) is 1. The zero-order chi connectivity index (χ0) is 27.3. The normalized spacial score (nSPS) is 17.0. The first kappa shape index (κ1) is 27.9. The number of carbonyl (C=O) groups excluding carboxylic acids is 2. The highest BCUT2D eigenvalue weighted by molar-refractivity contribution is 7.93. The van der Waals surface area contributed by atoms with Crippen LogP contribution in [-0.2, 0) is 31.4 Å². The van der Waals surface area contributed by atoms with Gasteiger partial charge < -0.3 is 15.3 Å². The van der Waals surface area contributed by atoms with Crippen LogP contribution in [0.15, 0.2) is 34.5 Å². The van der Waals surface area contributed by atoms with Crippen LogP contribution in [0.25, 0.3) is 0 Å². The maximum atomic E-state index is 13.1. The molecule has 0 spiro atoms. The molecule has 2 aromatic rings. The van der Waals surface area contributed by atoms with E-state index < -0.39 is 51.2 Å². The van der Waals surface area contributed by atoms with Gasteiger partial charge in [0.25, 0.3) is 11.5 Å². The van der Waals surface area contributed by atoms with Crippen LogP contribution < -0.4 is 5.32 Å². The van der Waals surface area contributed by atoms with Crippen molar-refractivity contribution in [1.82, 2.24) is 4.90 Å². The second-order valence-corrected chi connectivity index (χ2v) is 11.6. The summed E-state index contributed by atoms with van der Waals surface area (Å²) in [4.78, 5) is 26.8. The van der Waals surface area contributed by atoms with Gasteiger partial charge in [-0.2, -0.15) is 26.3 Å². The van der Waals surface area contributed by atoms with Gasteiger partial charge in [0.1, 0.15) is 10.3 Å². The lowest BCUT2D eigenvalue weighted by Gasteiger charge is -2.34. The molecule has 1 aromatic carbocycles. The van der Waals surface area contributed by atoms with Gasteiger partial charge in [0.2, 0.25) is 5.91 Å². The van der Waals surface area contributed by atoms with E-state index in [9.17, 15) is 49.5 Å². The number of benzene rings is 1. The van der Waals surface area contributed by atoms with Crippen LogP contribution in [0.5, 0.6) is 0 Å². The topological polar surface area (TPSA) is 104 Å². The fourth-order valence-corrected chi connectivity index (χ4v) is 6.54. The van der Waals surface area contributed by atoms with E-state index in [-0.39, 0.29) is 28.6 Å². The quantitative estimate of drug-likeness (QED) is 0.542. The summed E-state index contributed by atoms with van der Waals surface area (Å²) in [5.74, 6) is -1.53. The molecule has 7 nitrogen and oxygen atoms in total. The molecule has 0 radical (unpaired) electrons. The molecule has 2 amide bonds. The van der Waals surface area contributed by atoms with Gasteiger partial charge in [0.05, 0.1) is 5.75 Å². The van der Waals surface area contributed by atoms with E-state index >= 15 is 0 Å². The average molecular weight is 559 g/mol. The Balaban J connectivity index is 1.95. The Bertz CT molecular complexity index is 1260. The van der Waals surface area contributed by atoms with Crippen molar-refractivity contribution in [2.75, 3.05) is 17.6 Å². The average Bonchev–Trinajstić information content (AvgIpc) is 3.22. The molecule has 0 saturated heterocycles. The number of amides is 2. The number of carbonyl (C=O) groups is 2. The van der Waals surface area contributed by atoms with Gasteiger partial charge >= 0.3 is 12.4 Å². The van der Waals surface area contributed by atoms with Crippen molar-refractivity contribution in [3.63, 3.8) is 0 Å². The third kappa shape index (κ3) is 4.83. The SMILES string of the molecule is CCS(=O)(=O)c1cc2c(s1)C(C(=O)Nc1ccc(C(O)(C(F)(F)F)C(F)(F)F)cc1)N(C(C)=O)CC2. The smallest absolute Gasteiger partial charge is 0.369 e. The van der Waals surface area contributed by atoms with Crippen LogP contribution in [0.3, 0.4) is 0 Å². The third-order valence-electron chi connectivity index (χ3n) is 5.73. The van der Waals surface area contributed by atoms with Gasteiger partial charge in [0.15, 0.2) is 9.84 Å². The number of sulfone groups is 1. The molecular formula is C21H20F6N2O5S2. The van der Waals surface area contributed by atoms with E-state index in [0.29, 0.717) is 22.6 Å². The molecule has 1 aliphatic rings. The molecule has 0 saturated carbocycles. The van der Waals surface area contributed by atoms with E-state index in [1.54, 1.807) is 0 Å². The Morgan fingerprint density at radius 3 is 2.14 bits per heavy atom. The summed E-state index contributed by atoms with van der Waals surface area (Å²) in [5, 5.41) is 11.8. The minimum absolute atomic E-state index is 0.0149. The van der Waals surface area contributed by atoms with Crippen molar-refractivity contribution in [3.05, 3.63) is 46.3 Å². The molecule has 198 valence electrons. The van der Waals surface area contributed by atoms with E-state index in [1.165, 1.54) is 24.8 Å². The van der Waals surface area contributed by atoms with Crippen LogP contribution >= 0.6 is 11.3 Å². The molecule has 3 rings (SSSR count). The van der Waals surface area contributed by atoms with Crippen molar-refractivity contribution < 1.29 is 49.5 Å². The number of rotatable bonds is 5. The summed E-state index contributed by atoms with van der Waals surface area (Å²) in [6, 6.07) is 2.42. The summed E-state index contributed by atoms with van der Waals surface area (Å²) in [5.41, 5.74) is -6.28. The van der Waals surface area contributed by atoms with Crippen molar-refractivity contribution in [3.8, 4) is 0 Å². The van der Waals surface area contributed by atoms with Crippen molar-refractivity contribution in [2.24, 2.45) is 0 Å². The number of halogens is 6. The fourth-order valence-electron chi connectivity index (χ4n) is 3.74. The Labute approximate surface area is 205 Å². The first-order valence-corrected chi connectivity index (χ1v) is 12.8. The Hall–Kier alpha value is -2.65. The Kier molecular flexibility index (Phi) is 7.24. The standard InChI is InChI=1S/C21H20F6N2O5S2/c1-3-36(33,34)15-10-12-8-9-29(11(2)30)16(17(12)35-15)18(31)28-14-6-4-13(5-7-14)19(32,20(22,23)24)21(25,26)27/h4-7,10,16,32H,3,8-9H2,1-2H3,(H,28,31). The lowest BCUT2D eigenvalue weighted by Crippen LogP contribution is -2.53. The molecule has 1 aromatic heterocycles. The van der Waals surface area contributed by atoms with E-state index in [4.69, 9.17) is 0 Å². The molecule has 2 heterocycles. The largest absolute Gasteiger partial charge is 0.430 e. The number of hydrogen-bond donors (Lipinski definition) is 2. The van der Waals surface area contributed by atoms with Gasteiger partial charge in [-0.15, -0.1) is 11.3 Å². The maximum absolute atomic E-state index is 13.1. The van der Waals surface area contributed by atoms with Crippen LogP contribution in [0.1, 0.15) is 35.9 Å². The minimum atomic E-state index is -6.06. The second-order valence-electron chi connectivity index (χ2n) is 8.00. The van der Waals surface area contributed by atoms with E-state index in [1.807, 2.05) is 0 Å². The molecule has 1 aliphatic heterocycles. The fraction of sp³-hybridized carbons (Fsp3) is 0.429. The van der Waals surface area contributed by atoms with Crippen LogP contribution in [0.4, 0.5) is 32.0 Å². The summed E-state index contributed by atoms with van der Waals surface area (Å²) >= 11 is 0.821. The molecule has 36 heavy (non-hydrogen) atoms. The van der Waals surface area contributed by atoms with Gasteiger partial charge in [-0.05, 0) is 30.2 Å². The number of fused-ring (bicyclic) bond motifs is 1. The van der Waals surface area contributed by atoms with Crippen LogP contribution in [-0.4, -0.2) is 54.9 Å². The molecule has 0 fully saturated rings. The monoisotopic (exact) mass is 558 g/mol. The van der Waals surface area contributed by atoms with Crippen molar-refractivity contribution >= 4 is 38.7 Å². The molecule has 1 unspecified atom stereocenters. The summed E-state index contributed by atoms with van der Waals surface area (Å²) < 4.78 is 103. The highest BCUT2D eigenvalue weighted by Gasteiger charge is 2.71. The number of alkyl halides is 6. The molecule has 0 aliphatic carbocycles. The van der Waals surface area contributed by atoms with E-state index in [2.05, 4.69) is 5.32 Å². The van der Waals surface area contributed by atoms with Crippen molar-refractivity contribution in [2.45, 2.75) is 48.5 Å². The lowest BCUT2D eigenvalue weighted by atomic mass is 9.92. The molecule has 2 N–H and O–H groups in total. The van der Waals surface area contributed by atoms with Gasteiger partial charge in [-0.1, -0.05) is 19.1 Å². The third-order valence-corrected chi connectivity index (χ3v) is 9.26. The number of hydrogen-bond acceptors (Lipinski definition) is 6. The lowest BCUT2D eigenvalue weighted by molar-refractivity contribution is -0.376. The summed E-state index contributed by atoms with van der Waals surface area (Å²) in [6.45, 7) is 2.74. The van der Waals surface area contributed by atoms with Gasteiger partial charge in [-0.25, -0.2) is 8.42 Å². The van der Waals surface area contributed by atoms with Crippen LogP contribution in [0, 0.1) is 0 Å². The number of anilines is 1. The van der Waals surface area contributed by atoms with E-state index in [0.717, 1.165) is 23.5 Å². The zero-order valence-corrected chi connectivity index (χ0v) is 20.3. The summed E-state index contributed by atoms with van der Waals surface area (Å²) in [7, 11) is -3.61. The first-order chi connectivity index (χ1) is 16.4. The number of thiophene rings is 1. The minimum Gasteiger partial charge on any atom is -0.369 e. The molecule has 15 heteroatoms. The Morgan fingerprint density at radius 2 is 1.67 bits per heavy atom. The molecule has 0 bridgehead atoms. The maximum Gasteiger partial charge on any atom is 0.430 e. The van der Waals surface area contributed by atoms with Crippen molar-refractivity contribution in [1.29, 1.82) is 0 Å². The molecular weight excluding hydrogens is 538 g/mol. The highest BCUT2D eigenvalue weighted by Crippen LogP contribution is 2.50. The predicted molar refractivity (Wildman–Crippen MR) is 117 cm³/mol. The number of aliphatic hydroxyl groups is 1. The van der Waals surface area contributed by atoms with Gasteiger partial charge in [0, 0.05) is 29.6 Å². The zero-order valence-electron chi connectivity index (χ0n) is 18.7. The Morgan fingerprint density at radius 1 is 1.11 bits per heavy atom. The van der Waals surface area contributed by atoms with Gasteiger partial charge in [-0.3, -0.25) is 9.59 Å². The summed E-state index contributed by atoms with van der Waals surface area (Å²) in [6.07, 6.45) is -11.8. The number of nitrogens with one attached hydrogen (secondary N) is 1. The first-order valence-electron chi connectivity index (χ1n) is 10.3. The highest BCUT2D eigenvalue weighted by atomic mass is 32.2.